The number of halogens is 1. The zero-order chi connectivity index (χ0) is 25.1. The lowest BCUT2D eigenvalue weighted by Crippen LogP contribution is -2.50. The van der Waals surface area contributed by atoms with Crippen LogP contribution in [0, 0.1) is 0 Å². The predicted octanol–water partition coefficient (Wildman–Crippen LogP) is 3.97. The maximum absolute atomic E-state index is 12.9. The number of rotatable bonds is 7. The molecule has 10 heteroatoms. The van der Waals surface area contributed by atoms with Gasteiger partial charge in [0, 0.05) is 37.6 Å². The van der Waals surface area contributed by atoms with Gasteiger partial charge in [-0.15, -0.1) is 0 Å². The second kappa shape index (κ2) is 10.4. The van der Waals surface area contributed by atoms with Gasteiger partial charge in [-0.3, -0.25) is 9.69 Å². The molecule has 0 radical (unpaired) electrons. The largest absolute Gasteiger partial charge is 0.340 e. The number of amides is 1. The van der Waals surface area contributed by atoms with Crippen molar-refractivity contribution in [3.05, 3.63) is 88.9 Å². The van der Waals surface area contributed by atoms with Crippen LogP contribution in [-0.4, -0.2) is 66.4 Å². The molecule has 1 amide bonds. The number of hydrogen-bond donors (Lipinski definition) is 0. The van der Waals surface area contributed by atoms with E-state index in [1.165, 1.54) is 11.6 Å². The number of nitrogens with zero attached hydrogens (tertiary/aromatic N) is 4. The van der Waals surface area contributed by atoms with E-state index in [4.69, 9.17) is 11.6 Å². The van der Waals surface area contributed by atoms with Crippen molar-refractivity contribution in [1.29, 1.82) is 0 Å². The highest BCUT2D eigenvalue weighted by atomic mass is 35.5. The van der Waals surface area contributed by atoms with E-state index in [0.29, 0.717) is 36.7 Å². The molecule has 4 aromatic rings. The monoisotopic (exact) mass is 524 g/mol. The van der Waals surface area contributed by atoms with E-state index in [-0.39, 0.29) is 34.5 Å². The first-order valence-corrected chi connectivity index (χ1v) is 13.7. The van der Waals surface area contributed by atoms with Crippen molar-refractivity contribution in [3.63, 3.8) is 0 Å². The number of piperazine rings is 1. The molecule has 0 spiro atoms. The van der Waals surface area contributed by atoms with Gasteiger partial charge in [0.25, 0.3) is 0 Å². The van der Waals surface area contributed by atoms with Gasteiger partial charge in [-0.05, 0) is 45.7 Å². The fourth-order valence-corrected chi connectivity index (χ4v) is 6.16. The Morgan fingerprint density at radius 1 is 0.889 bits per heavy atom. The van der Waals surface area contributed by atoms with Crippen LogP contribution in [0.1, 0.15) is 23.6 Å². The highest BCUT2D eigenvalue weighted by Gasteiger charge is 2.29. The minimum atomic E-state index is -3.72. The SMILES string of the molecule is O=C(CCS(=O)(=O)c1cccc2nonc12)N1CCN([C@H](c2ccccc2)c2ccc(Cl)cc2)CC1. The van der Waals surface area contributed by atoms with E-state index < -0.39 is 9.84 Å². The van der Waals surface area contributed by atoms with Crippen molar-refractivity contribution in [2.24, 2.45) is 0 Å². The van der Waals surface area contributed by atoms with Gasteiger partial charge in [0.15, 0.2) is 15.4 Å². The summed E-state index contributed by atoms with van der Waals surface area (Å²) >= 11 is 6.11. The number of benzene rings is 3. The highest BCUT2D eigenvalue weighted by molar-refractivity contribution is 7.91. The number of carbonyl (C=O) groups excluding carboxylic acids is 1. The number of fused-ring (bicyclic) bond motifs is 1. The van der Waals surface area contributed by atoms with Gasteiger partial charge in [-0.2, -0.15) is 0 Å². The summed E-state index contributed by atoms with van der Waals surface area (Å²) in [5, 5.41) is 8.09. The maximum Gasteiger partial charge on any atom is 0.223 e. The first-order valence-electron chi connectivity index (χ1n) is 11.7. The Morgan fingerprint density at radius 2 is 1.58 bits per heavy atom. The minimum absolute atomic E-state index is 0.0348. The molecule has 1 aromatic heterocycles. The third kappa shape index (κ3) is 5.13. The zero-order valence-corrected chi connectivity index (χ0v) is 21.0. The number of carbonyl (C=O) groups is 1. The number of aromatic nitrogens is 2. The van der Waals surface area contributed by atoms with E-state index >= 15 is 0 Å². The van der Waals surface area contributed by atoms with Gasteiger partial charge in [0.05, 0.1) is 16.7 Å². The molecule has 0 saturated carbocycles. The quantitative estimate of drug-likeness (QED) is 0.361. The van der Waals surface area contributed by atoms with Crippen LogP contribution in [0.3, 0.4) is 0 Å². The normalized spacial score (nSPS) is 15.8. The van der Waals surface area contributed by atoms with E-state index in [0.717, 1.165) is 5.56 Å². The van der Waals surface area contributed by atoms with Crippen LogP contribution >= 0.6 is 11.6 Å². The third-order valence-electron chi connectivity index (χ3n) is 6.50. The summed E-state index contributed by atoms with van der Waals surface area (Å²) in [6, 6.07) is 22.8. The summed E-state index contributed by atoms with van der Waals surface area (Å²) in [5.74, 6) is -0.471. The van der Waals surface area contributed by atoms with Crippen LogP contribution in [0.5, 0.6) is 0 Å². The maximum atomic E-state index is 12.9. The first kappa shape index (κ1) is 24.4. The number of sulfone groups is 1. The lowest BCUT2D eigenvalue weighted by molar-refractivity contribution is -0.132. The van der Waals surface area contributed by atoms with Crippen molar-refractivity contribution in [1.82, 2.24) is 20.1 Å². The molecule has 1 atom stereocenters. The van der Waals surface area contributed by atoms with E-state index in [2.05, 4.69) is 32.0 Å². The van der Waals surface area contributed by atoms with Crippen LogP contribution in [0.15, 0.2) is 82.3 Å². The number of hydrogen-bond acceptors (Lipinski definition) is 7. The Morgan fingerprint density at radius 3 is 2.31 bits per heavy atom. The van der Waals surface area contributed by atoms with Gasteiger partial charge >= 0.3 is 0 Å². The lowest BCUT2D eigenvalue weighted by Gasteiger charge is -2.40. The zero-order valence-electron chi connectivity index (χ0n) is 19.5. The second-order valence-corrected chi connectivity index (χ2v) is 11.3. The average molecular weight is 525 g/mol. The molecule has 2 heterocycles. The fourth-order valence-electron chi connectivity index (χ4n) is 4.65. The molecule has 186 valence electrons. The summed E-state index contributed by atoms with van der Waals surface area (Å²) in [6.07, 6.45) is -0.0939. The third-order valence-corrected chi connectivity index (χ3v) is 8.49. The van der Waals surface area contributed by atoms with E-state index in [1.807, 2.05) is 42.5 Å². The molecule has 0 unspecified atom stereocenters. The molecule has 1 aliphatic heterocycles. The summed E-state index contributed by atoms with van der Waals surface area (Å²) in [6.45, 7) is 2.40. The van der Waals surface area contributed by atoms with Crippen molar-refractivity contribution in [2.75, 3.05) is 31.9 Å². The molecule has 0 bridgehead atoms. The Balaban J connectivity index is 1.24. The molecule has 0 aliphatic carbocycles. The van der Waals surface area contributed by atoms with Crippen LogP contribution in [0.25, 0.3) is 11.0 Å². The Labute approximate surface area is 214 Å². The summed E-state index contributed by atoms with van der Waals surface area (Å²) in [7, 11) is -3.72. The van der Waals surface area contributed by atoms with Crippen molar-refractivity contribution in [3.8, 4) is 0 Å². The van der Waals surface area contributed by atoms with Gasteiger partial charge in [0.1, 0.15) is 5.52 Å². The van der Waals surface area contributed by atoms with Crippen LogP contribution < -0.4 is 0 Å². The van der Waals surface area contributed by atoms with Crippen molar-refractivity contribution in [2.45, 2.75) is 17.4 Å². The van der Waals surface area contributed by atoms with Crippen molar-refractivity contribution >= 4 is 38.4 Å². The molecule has 3 aromatic carbocycles. The molecule has 36 heavy (non-hydrogen) atoms. The highest BCUT2D eigenvalue weighted by Crippen LogP contribution is 2.30. The molecule has 5 rings (SSSR count). The molecular weight excluding hydrogens is 500 g/mol. The summed E-state index contributed by atoms with van der Waals surface area (Å²) in [4.78, 5) is 17.0. The Hall–Kier alpha value is -3.27. The summed E-state index contributed by atoms with van der Waals surface area (Å²) in [5.41, 5.74) is 2.86. The standard InChI is InChI=1S/C26H25ClN4O4S/c27-21-11-9-20(10-12-21)26(19-5-2-1-3-6-19)31-16-14-30(15-17-31)24(32)13-18-36(33,34)23-8-4-7-22-25(23)29-35-28-22/h1-12,26H,13-18H2/t26-/m1/s1. The fraction of sp³-hybridized carbons (Fsp3) is 0.269. The topological polar surface area (TPSA) is 96.6 Å². The first-order chi connectivity index (χ1) is 17.4. The van der Waals surface area contributed by atoms with Gasteiger partial charge < -0.3 is 4.90 Å². The molecule has 1 fully saturated rings. The van der Waals surface area contributed by atoms with Gasteiger partial charge in [-0.1, -0.05) is 60.1 Å². The van der Waals surface area contributed by atoms with Gasteiger partial charge in [0.2, 0.25) is 5.91 Å². The van der Waals surface area contributed by atoms with Crippen LogP contribution in [0.4, 0.5) is 0 Å². The van der Waals surface area contributed by atoms with Gasteiger partial charge in [-0.25, -0.2) is 13.0 Å². The summed E-state index contributed by atoms with van der Waals surface area (Å²) < 4.78 is 30.5. The Bertz CT molecular complexity index is 1450. The molecular formula is C26H25ClN4O4S. The predicted molar refractivity (Wildman–Crippen MR) is 136 cm³/mol. The molecule has 0 N–H and O–H groups in total. The van der Waals surface area contributed by atoms with Crippen molar-refractivity contribution < 1.29 is 17.8 Å². The second-order valence-electron chi connectivity index (χ2n) is 8.74. The van der Waals surface area contributed by atoms with E-state index in [1.54, 1.807) is 17.0 Å². The molecule has 1 aliphatic rings. The average Bonchev–Trinajstić information content (AvgIpc) is 3.39. The Kier molecular flexibility index (Phi) is 7.04. The van der Waals surface area contributed by atoms with Crippen LogP contribution in [-0.2, 0) is 14.6 Å². The smallest absolute Gasteiger partial charge is 0.223 e. The molecule has 8 nitrogen and oxygen atoms in total. The lowest BCUT2D eigenvalue weighted by atomic mass is 9.96. The van der Waals surface area contributed by atoms with Crippen LogP contribution in [0.2, 0.25) is 5.02 Å². The van der Waals surface area contributed by atoms with E-state index in [9.17, 15) is 13.2 Å². The molecule has 1 saturated heterocycles. The minimum Gasteiger partial charge on any atom is -0.340 e.